The van der Waals surface area contributed by atoms with Gasteiger partial charge >= 0.3 is 5.97 Å². The van der Waals surface area contributed by atoms with Crippen LogP contribution in [0.25, 0.3) is 11.1 Å². The summed E-state index contributed by atoms with van der Waals surface area (Å²) >= 11 is 0. The number of carboxylic acid groups (broad SMARTS) is 1. The normalized spacial score (nSPS) is 14.3. The van der Waals surface area contributed by atoms with Gasteiger partial charge in [-0.1, -0.05) is 48.5 Å². The maximum Gasteiger partial charge on any atom is 0.319 e. The van der Waals surface area contributed by atoms with Crippen LogP contribution in [0.3, 0.4) is 0 Å². The topological polar surface area (TPSA) is 61.1 Å². The molecular formula is C16H11NO2. The van der Waals surface area contributed by atoms with Crippen LogP contribution in [0.1, 0.15) is 17.5 Å². The quantitative estimate of drug-likeness (QED) is 0.890. The monoisotopic (exact) mass is 249 g/mol. The number of nitrogens with zero attached hydrogens (tertiary/aromatic N) is 1. The molecule has 0 radical (unpaired) electrons. The Bertz CT molecular complexity index is 667. The Labute approximate surface area is 110 Å². The Balaban J connectivity index is 2.43. The van der Waals surface area contributed by atoms with Crippen molar-refractivity contribution in [1.82, 2.24) is 0 Å². The van der Waals surface area contributed by atoms with Crippen LogP contribution in [0.5, 0.6) is 0 Å². The summed E-state index contributed by atoms with van der Waals surface area (Å²) in [6.07, 6.45) is -0.0592. The first-order chi connectivity index (χ1) is 9.21. The molecule has 3 nitrogen and oxygen atoms in total. The predicted molar refractivity (Wildman–Crippen MR) is 70.5 cm³/mol. The SMILES string of the molecule is N#CCC1(C(=O)O)c2ccccc2-c2ccccc21. The number of nitriles is 1. The molecule has 0 aliphatic heterocycles. The lowest BCUT2D eigenvalue weighted by Crippen LogP contribution is -2.34. The van der Waals surface area contributed by atoms with Crippen molar-refractivity contribution in [3.63, 3.8) is 0 Å². The number of carboxylic acids is 1. The highest BCUT2D eigenvalue weighted by Gasteiger charge is 2.49. The molecule has 0 heterocycles. The molecule has 1 N–H and O–H groups in total. The molecule has 0 spiro atoms. The van der Waals surface area contributed by atoms with E-state index in [9.17, 15) is 9.90 Å². The highest BCUT2D eigenvalue weighted by molar-refractivity contribution is 5.97. The molecule has 0 unspecified atom stereocenters. The Morgan fingerprint density at radius 2 is 1.53 bits per heavy atom. The smallest absolute Gasteiger partial charge is 0.319 e. The zero-order valence-corrected chi connectivity index (χ0v) is 10.1. The zero-order chi connectivity index (χ0) is 13.5. The van der Waals surface area contributed by atoms with Crippen molar-refractivity contribution in [3.8, 4) is 17.2 Å². The second-order valence-corrected chi connectivity index (χ2v) is 4.64. The largest absolute Gasteiger partial charge is 0.480 e. The maximum absolute atomic E-state index is 11.9. The van der Waals surface area contributed by atoms with E-state index in [2.05, 4.69) is 0 Å². The van der Waals surface area contributed by atoms with Crippen LogP contribution in [-0.2, 0) is 10.2 Å². The summed E-state index contributed by atoms with van der Waals surface area (Å²) in [6.45, 7) is 0. The first kappa shape index (κ1) is 11.5. The lowest BCUT2D eigenvalue weighted by atomic mass is 9.76. The van der Waals surface area contributed by atoms with Crippen LogP contribution < -0.4 is 0 Å². The molecule has 1 aliphatic rings. The van der Waals surface area contributed by atoms with Crippen molar-refractivity contribution in [3.05, 3.63) is 59.7 Å². The van der Waals surface area contributed by atoms with E-state index in [0.29, 0.717) is 11.1 Å². The van der Waals surface area contributed by atoms with E-state index in [1.807, 2.05) is 42.5 Å². The summed E-state index contributed by atoms with van der Waals surface area (Å²) in [5.74, 6) is -0.966. The van der Waals surface area contributed by atoms with E-state index in [0.717, 1.165) is 11.1 Å². The Kier molecular flexibility index (Phi) is 2.39. The number of benzene rings is 2. The van der Waals surface area contributed by atoms with Crippen LogP contribution in [-0.4, -0.2) is 11.1 Å². The van der Waals surface area contributed by atoms with Crippen molar-refractivity contribution in [1.29, 1.82) is 5.26 Å². The molecule has 2 aromatic carbocycles. The van der Waals surface area contributed by atoms with E-state index >= 15 is 0 Å². The lowest BCUT2D eigenvalue weighted by molar-refractivity contribution is -0.141. The van der Waals surface area contributed by atoms with E-state index in [4.69, 9.17) is 5.26 Å². The minimum absolute atomic E-state index is 0.0592. The van der Waals surface area contributed by atoms with Gasteiger partial charge in [-0.3, -0.25) is 4.79 Å². The number of aliphatic carboxylic acids is 1. The first-order valence-corrected chi connectivity index (χ1v) is 6.01. The van der Waals surface area contributed by atoms with Gasteiger partial charge in [-0.25, -0.2) is 0 Å². The van der Waals surface area contributed by atoms with Gasteiger partial charge in [0.15, 0.2) is 0 Å². The van der Waals surface area contributed by atoms with E-state index in [1.165, 1.54) is 0 Å². The summed E-state index contributed by atoms with van der Waals surface area (Å²) in [4.78, 5) is 11.9. The lowest BCUT2D eigenvalue weighted by Gasteiger charge is -2.24. The minimum Gasteiger partial charge on any atom is -0.480 e. The van der Waals surface area contributed by atoms with Gasteiger partial charge in [0.05, 0.1) is 12.5 Å². The van der Waals surface area contributed by atoms with Gasteiger partial charge in [0.1, 0.15) is 5.41 Å². The van der Waals surface area contributed by atoms with E-state index in [1.54, 1.807) is 12.1 Å². The third-order valence-electron chi connectivity index (χ3n) is 3.77. The average molecular weight is 249 g/mol. The van der Waals surface area contributed by atoms with Gasteiger partial charge in [0.2, 0.25) is 0 Å². The fraction of sp³-hybridized carbons (Fsp3) is 0.125. The Hall–Kier alpha value is -2.60. The van der Waals surface area contributed by atoms with Gasteiger partial charge in [0.25, 0.3) is 0 Å². The molecule has 0 fully saturated rings. The second kappa shape index (κ2) is 3.96. The summed E-state index contributed by atoms with van der Waals surface area (Å²) in [6, 6.07) is 16.9. The van der Waals surface area contributed by atoms with E-state index < -0.39 is 11.4 Å². The van der Waals surface area contributed by atoms with Crippen molar-refractivity contribution in [2.24, 2.45) is 0 Å². The van der Waals surface area contributed by atoms with Crippen molar-refractivity contribution in [2.75, 3.05) is 0 Å². The molecule has 3 rings (SSSR count). The van der Waals surface area contributed by atoms with Crippen LogP contribution >= 0.6 is 0 Å². The highest BCUT2D eigenvalue weighted by Crippen LogP contribution is 2.50. The Morgan fingerprint density at radius 1 is 1.05 bits per heavy atom. The molecule has 1 aliphatic carbocycles. The summed E-state index contributed by atoms with van der Waals surface area (Å²) in [5.41, 5.74) is 2.02. The van der Waals surface area contributed by atoms with Gasteiger partial charge in [-0.2, -0.15) is 5.26 Å². The van der Waals surface area contributed by atoms with Gasteiger partial charge < -0.3 is 5.11 Å². The molecular weight excluding hydrogens is 238 g/mol. The number of hydrogen-bond donors (Lipinski definition) is 1. The molecule has 3 heteroatoms. The van der Waals surface area contributed by atoms with Gasteiger partial charge in [-0.05, 0) is 22.3 Å². The summed E-state index contributed by atoms with van der Waals surface area (Å²) in [7, 11) is 0. The summed E-state index contributed by atoms with van der Waals surface area (Å²) in [5, 5.41) is 18.8. The van der Waals surface area contributed by atoms with Crippen LogP contribution in [0.4, 0.5) is 0 Å². The highest BCUT2D eigenvalue weighted by atomic mass is 16.4. The second-order valence-electron chi connectivity index (χ2n) is 4.64. The first-order valence-electron chi connectivity index (χ1n) is 6.01. The molecule has 92 valence electrons. The molecule has 0 saturated heterocycles. The molecule has 2 aromatic rings. The van der Waals surface area contributed by atoms with E-state index in [-0.39, 0.29) is 6.42 Å². The van der Waals surface area contributed by atoms with Gasteiger partial charge in [0, 0.05) is 0 Å². The molecule has 0 saturated carbocycles. The minimum atomic E-state index is -1.23. The fourth-order valence-electron chi connectivity index (χ4n) is 2.94. The third-order valence-corrected chi connectivity index (χ3v) is 3.77. The number of rotatable bonds is 2. The molecule has 0 bridgehead atoms. The predicted octanol–water partition coefficient (Wildman–Crippen LogP) is 2.95. The Morgan fingerprint density at radius 3 is 1.95 bits per heavy atom. The molecule has 0 amide bonds. The molecule has 0 aromatic heterocycles. The average Bonchev–Trinajstić information content (AvgIpc) is 2.72. The zero-order valence-electron chi connectivity index (χ0n) is 10.1. The standard InChI is InChI=1S/C16H11NO2/c17-10-9-16(15(18)19)13-7-3-1-5-11(13)12-6-2-4-8-14(12)16/h1-8H,9H2,(H,18,19). The van der Waals surface area contributed by atoms with Crippen LogP contribution in [0.15, 0.2) is 48.5 Å². The third kappa shape index (κ3) is 1.34. The number of fused-ring (bicyclic) bond motifs is 3. The van der Waals surface area contributed by atoms with Crippen molar-refractivity contribution in [2.45, 2.75) is 11.8 Å². The summed E-state index contributed by atoms with van der Waals surface area (Å²) < 4.78 is 0. The number of hydrogen-bond acceptors (Lipinski definition) is 2. The number of carbonyl (C=O) groups is 1. The molecule has 19 heavy (non-hydrogen) atoms. The molecule has 0 atom stereocenters. The fourth-order valence-corrected chi connectivity index (χ4v) is 2.94. The van der Waals surface area contributed by atoms with Gasteiger partial charge in [-0.15, -0.1) is 0 Å². The van der Waals surface area contributed by atoms with Crippen LogP contribution in [0, 0.1) is 11.3 Å². The maximum atomic E-state index is 11.9. The van der Waals surface area contributed by atoms with Crippen molar-refractivity contribution >= 4 is 5.97 Å². The van der Waals surface area contributed by atoms with Crippen LogP contribution in [0.2, 0.25) is 0 Å². The van der Waals surface area contributed by atoms with Crippen molar-refractivity contribution < 1.29 is 9.90 Å².